The molecule has 23 heavy (non-hydrogen) atoms. The topological polar surface area (TPSA) is 71.2 Å². The van der Waals surface area contributed by atoms with E-state index in [0.717, 1.165) is 43.7 Å². The maximum absolute atomic E-state index is 11.6. The van der Waals surface area contributed by atoms with Crippen LogP contribution in [-0.4, -0.2) is 28.4 Å². The summed E-state index contributed by atoms with van der Waals surface area (Å²) in [4.78, 5) is 17.9. The van der Waals surface area contributed by atoms with Gasteiger partial charge in [0.05, 0.1) is 6.04 Å². The number of anilines is 1. The first kappa shape index (κ1) is 15.5. The zero-order valence-electron chi connectivity index (χ0n) is 13.1. The Balaban J connectivity index is 1.69. The molecule has 1 fully saturated rings. The van der Waals surface area contributed by atoms with Gasteiger partial charge in [-0.2, -0.15) is 0 Å². The Hall–Kier alpha value is -2.40. The molecule has 0 saturated carbocycles. The summed E-state index contributed by atoms with van der Waals surface area (Å²) in [7, 11) is 0. The molecule has 0 bridgehead atoms. The molecular formula is C18H22N4O. The average Bonchev–Trinajstić information content (AvgIpc) is 3.03. The Bertz CT molecular complexity index is 659. The van der Waals surface area contributed by atoms with Gasteiger partial charge in [0.25, 0.3) is 0 Å². The molecule has 0 radical (unpaired) electrons. The van der Waals surface area contributed by atoms with Crippen molar-refractivity contribution in [2.45, 2.75) is 32.0 Å². The first-order valence-electron chi connectivity index (χ1n) is 7.98. The van der Waals surface area contributed by atoms with Gasteiger partial charge in [-0.05, 0) is 42.6 Å². The Morgan fingerprint density at radius 2 is 2.17 bits per heavy atom. The van der Waals surface area contributed by atoms with E-state index in [2.05, 4.69) is 27.3 Å². The van der Waals surface area contributed by atoms with Gasteiger partial charge in [-0.15, -0.1) is 0 Å². The van der Waals surface area contributed by atoms with Crippen LogP contribution in [0.25, 0.3) is 0 Å². The van der Waals surface area contributed by atoms with Gasteiger partial charge in [-0.1, -0.05) is 24.3 Å². The van der Waals surface area contributed by atoms with Crippen molar-refractivity contribution in [2.24, 2.45) is 5.73 Å². The number of hydrogen-bond donors (Lipinski definition) is 2. The number of nitrogens with two attached hydrogens (primary N) is 1. The van der Waals surface area contributed by atoms with Crippen LogP contribution >= 0.6 is 0 Å². The second kappa shape index (κ2) is 7.24. The number of rotatable bonds is 6. The van der Waals surface area contributed by atoms with Crippen molar-refractivity contribution >= 4 is 11.6 Å². The fraction of sp³-hybridized carbons (Fsp3) is 0.333. The zero-order chi connectivity index (χ0) is 16.1. The van der Waals surface area contributed by atoms with Crippen LogP contribution in [0.3, 0.4) is 0 Å². The first-order chi connectivity index (χ1) is 11.2. The average molecular weight is 310 g/mol. The molecule has 0 unspecified atom stereocenters. The Labute approximate surface area is 136 Å². The van der Waals surface area contributed by atoms with E-state index >= 15 is 0 Å². The molecule has 1 saturated heterocycles. The van der Waals surface area contributed by atoms with Gasteiger partial charge >= 0.3 is 0 Å². The van der Waals surface area contributed by atoms with Crippen molar-refractivity contribution in [2.75, 3.05) is 11.9 Å². The van der Waals surface area contributed by atoms with Crippen LogP contribution in [0.15, 0.2) is 48.8 Å². The van der Waals surface area contributed by atoms with E-state index in [9.17, 15) is 4.79 Å². The van der Waals surface area contributed by atoms with Gasteiger partial charge in [0, 0.05) is 31.2 Å². The maximum Gasteiger partial charge on any atom is 0.234 e. The molecule has 1 aliphatic heterocycles. The van der Waals surface area contributed by atoms with Crippen LogP contribution in [0.1, 0.15) is 24.0 Å². The molecule has 120 valence electrons. The molecule has 3 N–H and O–H groups in total. The number of likely N-dealkylation sites (tertiary alicyclic amines) is 1. The third-order valence-electron chi connectivity index (χ3n) is 4.29. The van der Waals surface area contributed by atoms with Gasteiger partial charge in [0.2, 0.25) is 5.91 Å². The second-order valence-electron chi connectivity index (χ2n) is 5.90. The fourth-order valence-electron chi connectivity index (χ4n) is 3.09. The minimum Gasteiger partial charge on any atom is -0.381 e. The summed E-state index contributed by atoms with van der Waals surface area (Å²) < 4.78 is 0. The predicted molar refractivity (Wildman–Crippen MR) is 90.6 cm³/mol. The van der Waals surface area contributed by atoms with Gasteiger partial charge < -0.3 is 11.1 Å². The lowest BCUT2D eigenvalue weighted by molar-refractivity contribution is -0.122. The number of carbonyl (C=O) groups is 1. The third kappa shape index (κ3) is 3.87. The van der Waals surface area contributed by atoms with Gasteiger partial charge in [0.15, 0.2) is 0 Å². The second-order valence-corrected chi connectivity index (χ2v) is 5.90. The van der Waals surface area contributed by atoms with Crippen LogP contribution in [0.5, 0.6) is 0 Å². The minimum atomic E-state index is -0.219. The van der Waals surface area contributed by atoms with Crippen LogP contribution in [-0.2, 0) is 17.9 Å². The highest BCUT2D eigenvalue weighted by Crippen LogP contribution is 2.24. The van der Waals surface area contributed by atoms with Gasteiger partial charge in [-0.3, -0.25) is 14.7 Å². The molecule has 3 rings (SSSR count). The molecule has 5 heteroatoms. The van der Waals surface area contributed by atoms with E-state index < -0.39 is 0 Å². The SMILES string of the molecule is NC(=O)[C@H]1CCCN1Cc1ccccc1NCc1cccnc1. The van der Waals surface area contributed by atoms with E-state index in [4.69, 9.17) is 5.73 Å². The van der Waals surface area contributed by atoms with Crippen molar-refractivity contribution in [3.8, 4) is 0 Å². The number of benzene rings is 1. The summed E-state index contributed by atoms with van der Waals surface area (Å²) in [6, 6.07) is 12.1. The zero-order valence-corrected chi connectivity index (χ0v) is 13.1. The normalized spacial score (nSPS) is 18.0. The number of amides is 1. The minimum absolute atomic E-state index is 0.138. The van der Waals surface area contributed by atoms with Gasteiger partial charge in [0.1, 0.15) is 0 Å². The summed E-state index contributed by atoms with van der Waals surface area (Å²) in [5.74, 6) is -0.219. The van der Waals surface area contributed by atoms with Crippen molar-refractivity contribution in [1.82, 2.24) is 9.88 Å². The molecule has 2 heterocycles. The Morgan fingerprint density at radius 3 is 2.96 bits per heavy atom. The highest BCUT2D eigenvalue weighted by Gasteiger charge is 2.29. The van der Waals surface area contributed by atoms with Crippen LogP contribution < -0.4 is 11.1 Å². The molecule has 1 atom stereocenters. The molecule has 5 nitrogen and oxygen atoms in total. The molecule has 1 aromatic heterocycles. The smallest absolute Gasteiger partial charge is 0.234 e. The van der Waals surface area contributed by atoms with E-state index in [1.54, 1.807) is 6.20 Å². The first-order valence-corrected chi connectivity index (χ1v) is 7.98. The Kier molecular flexibility index (Phi) is 4.88. The molecule has 1 amide bonds. The van der Waals surface area contributed by atoms with Gasteiger partial charge in [-0.25, -0.2) is 0 Å². The molecule has 1 aromatic carbocycles. The number of nitrogens with one attached hydrogen (secondary N) is 1. The molecule has 1 aliphatic rings. The van der Waals surface area contributed by atoms with Crippen molar-refractivity contribution < 1.29 is 4.79 Å². The fourth-order valence-corrected chi connectivity index (χ4v) is 3.09. The van der Waals surface area contributed by atoms with Crippen LogP contribution in [0, 0.1) is 0 Å². The number of pyridine rings is 1. The monoisotopic (exact) mass is 310 g/mol. The van der Waals surface area contributed by atoms with Crippen LogP contribution in [0.4, 0.5) is 5.69 Å². The highest BCUT2D eigenvalue weighted by molar-refractivity contribution is 5.80. The largest absolute Gasteiger partial charge is 0.381 e. The number of carbonyl (C=O) groups excluding carboxylic acids is 1. The molecule has 2 aromatic rings. The van der Waals surface area contributed by atoms with Crippen LogP contribution in [0.2, 0.25) is 0 Å². The number of primary amides is 1. The Morgan fingerprint density at radius 1 is 1.30 bits per heavy atom. The van der Waals surface area contributed by atoms with E-state index in [0.29, 0.717) is 0 Å². The van der Waals surface area contributed by atoms with Crippen molar-refractivity contribution in [1.29, 1.82) is 0 Å². The number of hydrogen-bond acceptors (Lipinski definition) is 4. The molecular weight excluding hydrogens is 288 g/mol. The summed E-state index contributed by atoms with van der Waals surface area (Å²) >= 11 is 0. The summed E-state index contributed by atoms with van der Waals surface area (Å²) in [6.45, 7) is 2.39. The van der Waals surface area contributed by atoms with Crippen molar-refractivity contribution in [3.05, 3.63) is 59.9 Å². The lowest BCUT2D eigenvalue weighted by atomic mass is 10.1. The lowest BCUT2D eigenvalue weighted by Gasteiger charge is -2.23. The number of nitrogens with zero attached hydrogens (tertiary/aromatic N) is 2. The maximum atomic E-state index is 11.6. The standard InChI is InChI=1S/C18H22N4O/c19-18(23)17-8-4-10-22(17)13-15-6-1-2-7-16(15)21-12-14-5-3-9-20-11-14/h1-3,5-7,9,11,17,21H,4,8,10,12-13H2,(H2,19,23)/t17-/m1/s1. The van der Waals surface area contributed by atoms with Crippen molar-refractivity contribution in [3.63, 3.8) is 0 Å². The quantitative estimate of drug-likeness (QED) is 0.857. The summed E-state index contributed by atoms with van der Waals surface area (Å²) in [5, 5.41) is 3.46. The van der Waals surface area contributed by atoms with E-state index in [-0.39, 0.29) is 11.9 Å². The highest BCUT2D eigenvalue weighted by atomic mass is 16.1. The predicted octanol–water partition coefficient (Wildman–Crippen LogP) is 2.14. The lowest BCUT2D eigenvalue weighted by Crippen LogP contribution is -2.39. The number of para-hydroxylation sites is 1. The van der Waals surface area contributed by atoms with E-state index in [1.807, 2.05) is 30.5 Å². The molecule has 0 spiro atoms. The summed E-state index contributed by atoms with van der Waals surface area (Å²) in [5.41, 5.74) is 8.92. The number of aromatic nitrogens is 1. The molecule has 0 aliphatic carbocycles. The summed E-state index contributed by atoms with van der Waals surface area (Å²) in [6.07, 6.45) is 5.52. The van der Waals surface area contributed by atoms with E-state index in [1.165, 1.54) is 5.56 Å². The third-order valence-corrected chi connectivity index (χ3v) is 4.29.